The fraction of sp³-hybridized carbons (Fsp3) is 0.300. The first-order valence-corrected chi connectivity index (χ1v) is 9.28. The first kappa shape index (κ1) is 17.4. The number of nitrogens with zero attached hydrogens (tertiary/aromatic N) is 5. The van der Waals surface area contributed by atoms with Crippen LogP contribution in [0.5, 0.6) is 0 Å². The van der Waals surface area contributed by atoms with Gasteiger partial charge >= 0.3 is 11.8 Å². The zero-order chi connectivity index (χ0) is 20.0. The average molecular weight is 389 g/mol. The molecule has 144 valence electrons. The molecule has 2 aromatic heterocycles. The van der Waals surface area contributed by atoms with Gasteiger partial charge in [-0.2, -0.15) is 0 Å². The Morgan fingerprint density at radius 2 is 2.21 bits per heavy atom. The highest BCUT2D eigenvalue weighted by Crippen LogP contribution is 2.53. The summed E-state index contributed by atoms with van der Waals surface area (Å²) in [4.78, 5) is 35.7. The number of rotatable bonds is 4. The molecular formula is C20H17N6O3+. The van der Waals surface area contributed by atoms with Gasteiger partial charge in [0, 0.05) is 31.4 Å². The first-order chi connectivity index (χ1) is 14.1. The molecule has 0 saturated heterocycles. The van der Waals surface area contributed by atoms with E-state index in [0.29, 0.717) is 18.1 Å². The minimum absolute atomic E-state index is 0.0187. The molecule has 1 fully saturated rings. The standard InChI is InChI=1S/C20H16N6O3/c1-26-17-15(21-7-8-22-17)12-10-13(12)16(20(26)28)23-18(27)19-25-24-14(29-19)9-11-5-3-2-4-6-11/h3-8,12-13,16H,9-10H2,1H3/p+1/t12-,13+,16+/m1/s1. The van der Waals surface area contributed by atoms with Gasteiger partial charge in [0.05, 0.1) is 29.8 Å². The quantitative estimate of drug-likeness (QED) is 0.780. The van der Waals surface area contributed by atoms with Crippen LogP contribution in [0, 0.1) is 12.0 Å². The molecule has 0 spiro atoms. The van der Waals surface area contributed by atoms with E-state index in [2.05, 4.69) is 31.6 Å². The molecule has 0 radical (unpaired) electrons. The summed E-state index contributed by atoms with van der Waals surface area (Å²) >= 11 is 0. The van der Waals surface area contributed by atoms with Crippen LogP contribution in [0.4, 0.5) is 5.82 Å². The topological polar surface area (TPSA) is 114 Å². The SMILES string of the molecule is CN1C(=O)[C@@H](NC(=O)c2nnc(CC3=CC=[C+]C=C3)o2)[C@H]2C[C@H]2c2nccnc21. The Morgan fingerprint density at radius 3 is 3.03 bits per heavy atom. The fourth-order valence-corrected chi connectivity index (χ4v) is 3.76. The highest BCUT2D eigenvalue weighted by Gasteiger charge is 2.53. The Morgan fingerprint density at radius 1 is 1.34 bits per heavy atom. The Balaban J connectivity index is 1.32. The number of hydrogen-bond donors (Lipinski definition) is 1. The second kappa shape index (κ2) is 6.72. The van der Waals surface area contributed by atoms with Crippen molar-refractivity contribution in [1.29, 1.82) is 0 Å². The smallest absolute Gasteiger partial charge is 0.309 e. The summed E-state index contributed by atoms with van der Waals surface area (Å²) in [5.74, 6) is 0.00601. The lowest BCUT2D eigenvalue weighted by molar-refractivity contribution is -0.120. The molecule has 3 aliphatic rings. The third-order valence-electron chi connectivity index (χ3n) is 5.33. The maximum Gasteiger partial charge on any atom is 0.309 e. The van der Waals surface area contributed by atoms with Crippen LogP contribution >= 0.6 is 0 Å². The number of anilines is 1. The predicted molar refractivity (Wildman–Crippen MR) is 101 cm³/mol. The van der Waals surface area contributed by atoms with Crippen molar-refractivity contribution in [1.82, 2.24) is 25.5 Å². The van der Waals surface area contributed by atoms with Crippen LogP contribution in [0.1, 0.15) is 34.6 Å². The average Bonchev–Trinajstić information content (AvgIpc) is 3.41. The molecule has 0 aromatic carbocycles. The van der Waals surface area contributed by atoms with Crippen LogP contribution < -0.4 is 10.2 Å². The summed E-state index contributed by atoms with van der Waals surface area (Å²) in [7, 11) is 1.64. The number of allylic oxidation sites excluding steroid dienone is 6. The lowest BCUT2D eigenvalue weighted by atomic mass is 10.1. The molecule has 3 atom stereocenters. The number of nitrogens with one attached hydrogen (secondary N) is 1. The van der Waals surface area contributed by atoms with Crippen molar-refractivity contribution in [3.05, 3.63) is 65.8 Å². The molecule has 2 aliphatic carbocycles. The molecule has 1 saturated carbocycles. The van der Waals surface area contributed by atoms with Crippen LogP contribution in [0.25, 0.3) is 0 Å². The van der Waals surface area contributed by atoms with E-state index in [1.165, 1.54) is 4.90 Å². The van der Waals surface area contributed by atoms with E-state index >= 15 is 0 Å². The Bertz CT molecular complexity index is 1090. The normalized spacial score (nSPS) is 24.2. The molecule has 5 rings (SSSR count). The molecule has 3 heterocycles. The molecule has 0 bridgehead atoms. The monoisotopic (exact) mass is 389 g/mol. The summed E-state index contributed by atoms with van der Waals surface area (Å²) in [6.45, 7) is 0. The zero-order valence-electron chi connectivity index (χ0n) is 15.6. The van der Waals surface area contributed by atoms with Crippen LogP contribution in [0.2, 0.25) is 0 Å². The van der Waals surface area contributed by atoms with Crippen molar-refractivity contribution >= 4 is 17.6 Å². The van der Waals surface area contributed by atoms with Crippen molar-refractivity contribution < 1.29 is 14.0 Å². The van der Waals surface area contributed by atoms with E-state index < -0.39 is 11.9 Å². The maximum absolute atomic E-state index is 12.9. The maximum atomic E-state index is 12.9. The van der Waals surface area contributed by atoms with E-state index in [4.69, 9.17) is 4.42 Å². The molecule has 29 heavy (non-hydrogen) atoms. The van der Waals surface area contributed by atoms with E-state index in [1.54, 1.807) is 31.6 Å². The van der Waals surface area contributed by atoms with Gasteiger partial charge in [0.2, 0.25) is 5.89 Å². The van der Waals surface area contributed by atoms with Gasteiger partial charge in [0.25, 0.3) is 5.91 Å². The molecule has 2 amide bonds. The summed E-state index contributed by atoms with van der Waals surface area (Å²) in [5.41, 5.74) is 1.77. The van der Waals surface area contributed by atoms with Gasteiger partial charge < -0.3 is 9.73 Å². The molecule has 1 N–H and O–H groups in total. The van der Waals surface area contributed by atoms with Gasteiger partial charge in [-0.25, -0.2) is 4.98 Å². The Kier molecular flexibility index (Phi) is 4.03. The highest BCUT2D eigenvalue weighted by molar-refractivity contribution is 6.02. The fourth-order valence-electron chi connectivity index (χ4n) is 3.76. The number of amides is 2. The molecule has 0 unspecified atom stereocenters. The number of fused-ring (bicyclic) bond motifs is 3. The number of carbonyl (C=O) groups excluding carboxylic acids is 2. The second-order valence-electron chi connectivity index (χ2n) is 7.21. The number of carbonyl (C=O) groups is 2. The van der Waals surface area contributed by atoms with Crippen LogP contribution in [0.15, 0.2) is 46.7 Å². The van der Waals surface area contributed by atoms with Crippen molar-refractivity contribution in [2.45, 2.75) is 24.8 Å². The van der Waals surface area contributed by atoms with Gasteiger partial charge in [0.1, 0.15) is 18.2 Å². The minimum atomic E-state index is -0.687. The van der Waals surface area contributed by atoms with E-state index in [9.17, 15) is 9.59 Å². The van der Waals surface area contributed by atoms with Gasteiger partial charge in [-0.05, 0) is 12.3 Å². The summed E-state index contributed by atoms with van der Waals surface area (Å²) in [6, 6.07) is -0.687. The largest absolute Gasteiger partial charge is 0.416 e. The van der Waals surface area contributed by atoms with Crippen LogP contribution in [-0.4, -0.2) is 45.1 Å². The van der Waals surface area contributed by atoms with E-state index in [1.807, 2.05) is 12.2 Å². The summed E-state index contributed by atoms with van der Waals surface area (Å²) in [6.07, 6.45) is 14.7. The van der Waals surface area contributed by atoms with Gasteiger partial charge in [0.15, 0.2) is 5.82 Å². The molecule has 1 aliphatic heterocycles. The third kappa shape index (κ3) is 3.11. The Labute approximate surface area is 166 Å². The Hall–Kier alpha value is -3.71. The van der Waals surface area contributed by atoms with Crippen molar-refractivity contribution in [2.75, 3.05) is 11.9 Å². The number of hydrogen-bond acceptors (Lipinski definition) is 7. The highest BCUT2D eigenvalue weighted by atomic mass is 16.4. The molecular weight excluding hydrogens is 372 g/mol. The summed E-state index contributed by atoms with van der Waals surface area (Å²) < 4.78 is 5.50. The lowest BCUT2D eigenvalue weighted by Gasteiger charge is -2.21. The zero-order valence-corrected chi connectivity index (χ0v) is 15.6. The number of aromatic nitrogens is 4. The van der Waals surface area contributed by atoms with Gasteiger partial charge in [-0.3, -0.25) is 19.5 Å². The second-order valence-corrected chi connectivity index (χ2v) is 7.21. The van der Waals surface area contributed by atoms with E-state index in [0.717, 1.165) is 17.7 Å². The number of likely N-dealkylation sites (N-methyl/N-ethyl adjacent to an activating group) is 1. The minimum Gasteiger partial charge on any atom is -0.416 e. The molecule has 2 aromatic rings. The third-order valence-corrected chi connectivity index (χ3v) is 5.33. The lowest BCUT2D eigenvalue weighted by Crippen LogP contribution is -2.48. The summed E-state index contributed by atoms with van der Waals surface area (Å²) in [5, 5.41) is 10.5. The van der Waals surface area contributed by atoms with Crippen molar-refractivity contribution in [3.63, 3.8) is 0 Å². The van der Waals surface area contributed by atoms with Crippen molar-refractivity contribution in [2.24, 2.45) is 5.92 Å². The molecule has 9 nitrogen and oxygen atoms in total. The first-order valence-electron chi connectivity index (χ1n) is 9.28. The van der Waals surface area contributed by atoms with Crippen LogP contribution in [-0.2, 0) is 11.2 Å². The van der Waals surface area contributed by atoms with Crippen molar-refractivity contribution in [3.8, 4) is 0 Å². The molecule has 9 heteroatoms. The van der Waals surface area contributed by atoms with Gasteiger partial charge in [-0.1, -0.05) is 0 Å². The van der Waals surface area contributed by atoms with Crippen LogP contribution in [0.3, 0.4) is 0 Å². The van der Waals surface area contributed by atoms with Gasteiger partial charge in [-0.15, -0.1) is 10.2 Å². The van der Waals surface area contributed by atoms with E-state index in [-0.39, 0.29) is 23.6 Å². The predicted octanol–water partition coefficient (Wildman–Crippen LogP) is 1.14.